The third-order valence-corrected chi connectivity index (χ3v) is 7.60. The van der Waals surface area contributed by atoms with Crippen molar-refractivity contribution in [1.29, 1.82) is 0 Å². The Balaban J connectivity index is 1.99. The number of rotatable bonds is 4. The van der Waals surface area contributed by atoms with Crippen molar-refractivity contribution in [3.63, 3.8) is 0 Å². The fraction of sp³-hybridized carbons (Fsp3) is 0.467. The van der Waals surface area contributed by atoms with E-state index in [-0.39, 0.29) is 18.0 Å². The molecular weight excluding hydrogens is 427 g/mol. The second kappa shape index (κ2) is 7.63. The number of hydrogen-bond donors (Lipinski definition) is 1. The second-order valence-electron chi connectivity index (χ2n) is 5.96. The first-order valence-corrected chi connectivity index (χ1v) is 10.6. The van der Waals surface area contributed by atoms with Crippen LogP contribution in [-0.4, -0.2) is 34.6 Å². The quantitative estimate of drug-likeness (QED) is 0.783. The number of alkyl halides is 3. The molecule has 0 saturated carbocycles. The van der Waals surface area contributed by atoms with E-state index >= 15 is 0 Å². The van der Waals surface area contributed by atoms with Crippen LogP contribution in [0.5, 0.6) is 0 Å². The summed E-state index contributed by atoms with van der Waals surface area (Å²) in [6.45, 7) is -0.111. The summed E-state index contributed by atoms with van der Waals surface area (Å²) in [6, 6.07) is 1.60. The van der Waals surface area contributed by atoms with E-state index in [0.717, 1.165) is 23.8 Å². The SMILES string of the molecule is O=S(=O)(c1ccc(C(F)(F)F)cc1Cl)N1CCCCC1c1nnc(CO)s1. The van der Waals surface area contributed by atoms with E-state index in [0.29, 0.717) is 35.0 Å². The zero-order valence-electron chi connectivity index (χ0n) is 13.8. The topological polar surface area (TPSA) is 83.4 Å². The molecule has 12 heteroatoms. The Morgan fingerprint density at radius 1 is 1.30 bits per heavy atom. The first-order chi connectivity index (χ1) is 12.6. The lowest BCUT2D eigenvalue weighted by molar-refractivity contribution is -0.137. The largest absolute Gasteiger partial charge is 0.416 e. The zero-order valence-corrected chi connectivity index (χ0v) is 16.2. The fourth-order valence-corrected chi connectivity index (χ4v) is 6.02. The molecule has 2 heterocycles. The van der Waals surface area contributed by atoms with Gasteiger partial charge in [0.2, 0.25) is 10.0 Å². The van der Waals surface area contributed by atoms with Crippen molar-refractivity contribution in [3.05, 3.63) is 38.8 Å². The summed E-state index contributed by atoms with van der Waals surface area (Å²) in [5.74, 6) is 0. The first-order valence-electron chi connectivity index (χ1n) is 7.96. The van der Waals surface area contributed by atoms with Crippen LogP contribution in [-0.2, 0) is 22.8 Å². The number of piperidine rings is 1. The Morgan fingerprint density at radius 2 is 2.04 bits per heavy atom. The molecule has 2 aromatic rings. The highest BCUT2D eigenvalue weighted by molar-refractivity contribution is 7.89. The maximum absolute atomic E-state index is 13.1. The van der Waals surface area contributed by atoms with Crippen molar-refractivity contribution in [2.75, 3.05) is 6.54 Å². The van der Waals surface area contributed by atoms with Crippen LogP contribution in [0.4, 0.5) is 13.2 Å². The normalized spacial score (nSPS) is 19.4. The standard InChI is InChI=1S/C15H15ClF3N3O3S2/c16-10-7-9(15(17,18)19)4-5-12(10)27(24,25)22-6-2-1-3-11(22)14-21-20-13(8-23)26-14/h4-5,7,11,23H,1-3,6,8H2. The van der Waals surface area contributed by atoms with Gasteiger partial charge in [0.15, 0.2) is 0 Å². The van der Waals surface area contributed by atoms with Crippen molar-refractivity contribution in [3.8, 4) is 0 Å². The maximum Gasteiger partial charge on any atom is 0.416 e. The Kier molecular flexibility index (Phi) is 5.78. The van der Waals surface area contributed by atoms with E-state index in [1.807, 2.05) is 0 Å². The fourth-order valence-electron chi connectivity index (χ4n) is 2.92. The van der Waals surface area contributed by atoms with E-state index in [9.17, 15) is 21.6 Å². The highest BCUT2D eigenvalue weighted by atomic mass is 35.5. The van der Waals surface area contributed by atoms with Gasteiger partial charge in [0.1, 0.15) is 14.9 Å². The van der Waals surface area contributed by atoms with Crippen LogP contribution >= 0.6 is 22.9 Å². The molecule has 1 aliphatic rings. The molecule has 1 saturated heterocycles. The molecule has 148 valence electrons. The number of hydrogen-bond acceptors (Lipinski definition) is 6. The lowest BCUT2D eigenvalue weighted by Gasteiger charge is -2.33. The summed E-state index contributed by atoms with van der Waals surface area (Å²) < 4.78 is 65.8. The molecular formula is C15H15ClF3N3O3S2. The van der Waals surface area contributed by atoms with Crippen molar-refractivity contribution in [1.82, 2.24) is 14.5 Å². The molecule has 27 heavy (non-hydrogen) atoms. The van der Waals surface area contributed by atoms with Gasteiger partial charge in [0, 0.05) is 6.54 Å². The van der Waals surface area contributed by atoms with Crippen LogP contribution in [0.15, 0.2) is 23.1 Å². The van der Waals surface area contributed by atoms with Crippen LogP contribution in [0.3, 0.4) is 0 Å². The molecule has 1 unspecified atom stereocenters. The molecule has 0 radical (unpaired) electrons. The van der Waals surface area contributed by atoms with Crippen LogP contribution < -0.4 is 0 Å². The maximum atomic E-state index is 13.1. The number of benzene rings is 1. The van der Waals surface area contributed by atoms with Gasteiger partial charge in [-0.1, -0.05) is 29.4 Å². The monoisotopic (exact) mass is 441 g/mol. The molecule has 0 bridgehead atoms. The number of nitrogens with zero attached hydrogens (tertiary/aromatic N) is 3. The molecule has 3 rings (SSSR count). The van der Waals surface area contributed by atoms with Gasteiger partial charge in [-0.2, -0.15) is 17.5 Å². The lowest BCUT2D eigenvalue weighted by Crippen LogP contribution is -2.38. The number of aromatic nitrogens is 2. The van der Waals surface area contributed by atoms with Crippen molar-refractivity contribution >= 4 is 33.0 Å². The summed E-state index contributed by atoms with van der Waals surface area (Å²) in [4.78, 5) is -0.379. The van der Waals surface area contributed by atoms with Crippen LogP contribution in [0.2, 0.25) is 5.02 Å². The molecule has 1 atom stereocenters. The van der Waals surface area contributed by atoms with Gasteiger partial charge >= 0.3 is 6.18 Å². The highest BCUT2D eigenvalue weighted by Gasteiger charge is 2.38. The van der Waals surface area contributed by atoms with E-state index in [4.69, 9.17) is 16.7 Å². The van der Waals surface area contributed by atoms with Crippen LogP contribution in [0.25, 0.3) is 0 Å². The second-order valence-corrected chi connectivity index (χ2v) is 9.32. The van der Waals surface area contributed by atoms with Crippen molar-refractivity contribution in [2.24, 2.45) is 0 Å². The third kappa shape index (κ3) is 4.11. The minimum atomic E-state index is -4.62. The van der Waals surface area contributed by atoms with Gasteiger partial charge in [-0.05, 0) is 31.0 Å². The van der Waals surface area contributed by atoms with Gasteiger partial charge in [0.25, 0.3) is 0 Å². The number of halogens is 4. The summed E-state index contributed by atoms with van der Waals surface area (Å²) >= 11 is 7.00. The van der Waals surface area contributed by atoms with E-state index in [1.54, 1.807) is 0 Å². The average Bonchev–Trinajstić information content (AvgIpc) is 3.09. The minimum Gasteiger partial charge on any atom is -0.389 e. The summed E-state index contributed by atoms with van der Waals surface area (Å²) in [5, 5.41) is 17.2. The summed E-state index contributed by atoms with van der Waals surface area (Å²) in [7, 11) is -4.14. The van der Waals surface area contributed by atoms with Crippen LogP contribution in [0, 0.1) is 0 Å². The van der Waals surface area contributed by atoms with Gasteiger partial charge < -0.3 is 5.11 Å². The number of aliphatic hydroxyl groups is 1. The van der Waals surface area contributed by atoms with E-state index < -0.39 is 32.8 Å². The van der Waals surface area contributed by atoms with Gasteiger partial charge in [-0.15, -0.1) is 10.2 Å². The number of aliphatic hydroxyl groups excluding tert-OH is 1. The molecule has 1 N–H and O–H groups in total. The molecule has 1 aromatic heterocycles. The average molecular weight is 442 g/mol. The van der Waals surface area contributed by atoms with E-state index in [2.05, 4.69) is 10.2 Å². The Labute approximate surface area is 162 Å². The molecule has 1 aromatic carbocycles. The zero-order chi connectivity index (χ0) is 19.8. The lowest BCUT2D eigenvalue weighted by atomic mass is 10.1. The van der Waals surface area contributed by atoms with E-state index in [1.165, 1.54) is 4.31 Å². The van der Waals surface area contributed by atoms with Crippen LogP contribution in [0.1, 0.15) is 40.9 Å². The smallest absolute Gasteiger partial charge is 0.389 e. The Hall–Kier alpha value is -1.27. The first kappa shape index (κ1) is 20.5. The Bertz CT molecular complexity index is 934. The molecule has 1 aliphatic heterocycles. The van der Waals surface area contributed by atoms with Gasteiger partial charge in [-0.25, -0.2) is 8.42 Å². The van der Waals surface area contributed by atoms with Gasteiger partial charge in [-0.3, -0.25) is 0 Å². The molecule has 0 amide bonds. The summed E-state index contributed by atoms with van der Waals surface area (Å²) in [5.41, 5.74) is -1.02. The third-order valence-electron chi connectivity index (χ3n) is 4.20. The minimum absolute atomic E-state index is 0.193. The van der Waals surface area contributed by atoms with Crippen molar-refractivity contribution in [2.45, 2.75) is 43.0 Å². The molecule has 6 nitrogen and oxygen atoms in total. The molecule has 1 fully saturated rings. The predicted octanol–water partition coefficient (Wildman–Crippen LogP) is 3.62. The molecule has 0 aliphatic carbocycles. The van der Waals surface area contributed by atoms with Gasteiger partial charge in [0.05, 0.1) is 23.2 Å². The molecule has 0 spiro atoms. The van der Waals surface area contributed by atoms with Crippen molar-refractivity contribution < 1.29 is 26.7 Å². The predicted molar refractivity (Wildman–Crippen MR) is 92.8 cm³/mol. The highest BCUT2D eigenvalue weighted by Crippen LogP contribution is 2.39. The number of sulfonamides is 1. The Morgan fingerprint density at radius 3 is 2.63 bits per heavy atom. The summed E-state index contributed by atoms with van der Waals surface area (Å²) in [6.07, 6.45) is -2.74.